The molecule has 0 bridgehead atoms. The first-order valence-corrected chi connectivity index (χ1v) is 42.0. The maximum atomic E-state index is 13.1. The quantitative estimate of drug-likeness (QED) is 0.0222. The van der Waals surface area contributed by atoms with Gasteiger partial charge in [-0.2, -0.15) is 0 Å². The molecular weight excluding hydrogens is 1230 g/mol. The Morgan fingerprint density at radius 1 is 0.309 bits per heavy atom. The van der Waals surface area contributed by atoms with Gasteiger partial charge in [0.2, 0.25) is 0 Å². The number of carbonyl (C=O) groups excluding carboxylic acids is 4. The van der Waals surface area contributed by atoms with Crippen LogP contribution in [0.5, 0.6) is 0 Å². The first kappa shape index (κ1) is 92.1. The lowest BCUT2D eigenvalue weighted by Gasteiger charge is -2.21. The highest BCUT2D eigenvalue weighted by atomic mass is 31.2. The Labute approximate surface area is 575 Å². The van der Waals surface area contributed by atoms with Gasteiger partial charge in [0.05, 0.1) is 26.4 Å². The van der Waals surface area contributed by atoms with Crippen molar-refractivity contribution in [3.8, 4) is 0 Å². The van der Waals surface area contributed by atoms with E-state index in [4.69, 9.17) is 37.0 Å². The average Bonchev–Trinajstić information content (AvgIpc) is 1.68. The van der Waals surface area contributed by atoms with E-state index < -0.39 is 97.5 Å². The number of aliphatic hydroxyl groups excluding tert-OH is 1. The summed E-state index contributed by atoms with van der Waals surface area (Å²) >= 11 is 0. The van der Waals surface area contributed by atoms with Gasteiger partial charge >= 0.3 is 39.5 Å². The number of unbranched alkanes of at least 4 members (excludes halogenated alkanes) is 43. The van der Waals surface area contributed by atoms with Crippen molar-refractivity contribution in [1.82, 2.24) is 0 Å². The summed E-state index contributed by atoms with van der Waals surface area (Å²) < 4.78 is 68.4. The minimum absolute atomic E-state index is 0.103. The van der Waals surface area contributed by atoms with E-state index in [9.17, 15) is 43.2 Å². The fourth-order valence-corrected chi connectivity index (χ4v) is 13.0. The third-order valence-electron chi connectivity index (χ3n) is 17.8. The summed E-state index contributed by atoms with van der Waals surface area (Å²) in [6.07, 6.45) is 54.2. The molecule has 19 heteroatoms. The average molecular weight is 1380 g/mol. The summed E-state index contributed by atoms with van der Waals surface area (Å²) in [6, 6.07) is 0. The van der Waals surface area contributed by atoms with Gasteiger partial charge in [-0.15, -0.1) is 0 Å². The van der Waals surface area contributed by atoms with Crippen molar-refractivity contribution >= 4 is 39.5 Å². The van der Waals surface area contributed by atoms with Gasteiger partial charge in [-0.05, 0) is 37.5 Å². The molecule has 0 saturated heterocycles. The van der Waals surface area contributed by atoms with E-state index in [1.54, 1.807) is 0 Å². The van der Waals surface area contributed by atoms with Crippen LogP contribution < -0.4 is 0 Å². The van der Waals surface area contributed by atoms with Gasteiger partial charge < -0.3 is 33.8 Å². The monoisotopic (exact) mass is 1380 g/mol. The molecule has 3 N–H and O–H groups in total. The van der Waals surface area contributed by atoms with Gasteiger partial charge in [0.15, 0.2) is 12.2 Å². The highest BCUT2D eigenvalue weighted by Crippen LogP contribution is 2.45. The number of carbonyl (C=O) groups is 4. The molecule has 0 aliphatic heterocycles. The number of phosphoric acid groups is 2. The van der Waals surface area contributed by atoms with Crippen molar-refractivity contribution in [3.05, 3.63) is 0 Å². The van der Waals surface area contributed by atoms with Crippen LogP contribution in [0.2, 0.25) is 0 Å². The molecule has 94 heavy (non-hydrogen) atoms. The first-order chi connectivity index (χ1) is 45.4. The predicted molar refractivity (Wildman–Crippen MR) is 381 cm³/mol. The number of phosphoric ester groups is 2. The van der Waals surface area contributed by atoms with E-state index in [-0.39, 0.29) is 25.7 Å². The molecule has 0 spiro atoms. The Hall–Kier alpha value is -1.94. The summed E-state index contributed by atoms with van der Waals surface area (Å²) in [4.78, 5) is 72.7. The fourth-order valence-electron chi connectivity index (χ4n) is 11.4. The number of esters is 4. The number of hydrogen-bond donors (Lipinski definition) is 3. The number of aliphatic hydroxyl groups is 1. The van der Waals surface area contributed by atoms with Gasteiger partial charge in [-0.3, -0.25) is 37.3 Å². The van der Waals surface area contributed by atoms with E-state index in [1.165, 1.54) is 205 Å². The lowest BCUT2D eigenvalue weighted by atomic mass is 10.00. The van der Waals surface area contributed by atoms with Gasteiger partial charge in [0.1, 0.15) is 19.3 Å². The predicted octanol–water partition coefficient (Wildman–Crippen LogP) is 21.9. The number of hydrogen-bond acceptors (Lipinski definition) is 15. The van der Waals surface area contributed by atoms with Crippen LogP contribution in [0.25, 0.3) is 0 Å². The Bertz CT molecular complexity index is 1820. The first-order valence-electron chi connectivity index (χ1n) is 39.0. The molecule has 0 radical (unpaired) electrons. The second kappa shape index (κ2) is 66.9. The maximum Gasteiger partial charge on any atom is 0.472 e. The van der Waals surface area contributed by atoms with Crippen LogP contribution in [-0.2, 0) is 65.4 Å². The molecule has 0 aliphatic rings. The Morgan fingerprint density at radius 2 is 0.543 bits per heavy atom. The van der Waals surface area contributed by atoms with Crippen LogP contribution in [0, 0.1) is 11.8 Å². The smallest absolute Gasteiger partial charge is 0.462 e. The molecule has 0 aromatic carbocycles. The van der Waals surface area contributed by atoms with Gasteiger partial charge in [-0.1, -0.05) is 337 Å². The zero-order chi connectivity index (χ0) is 69.3. The molecule has 0 aromatic heterocycles. The van der Waals surface area contributed by atoms with Crippen molar-refractivity contribution in [3.63, 3.8) is 0 Å². The standard InChI is InChI=1S/C75H146O17P2/c1-7-10-12-14-16-18-19-20-21-25-28-31-35-39-46-52-58-73(78)86-63-70(91-74(79)59-53-47-40-36-32-29-26-23-22-24-27-30-34-37-43-49-55-67(4)5)65-89-93(81,82)87-61-69(76)62-88-94(83,84)90-66-71(64-85-72(77)57-51-45-38-33-17-15-13-11-8-2)92-75(80)60-54-48-42-41-44-50-56-68(6)9-3/h67-71,76H,7-66H2,1-6H3,(H,81,82)(H,83,84)/t68?,69-,70-,71-/m1/s1. The molecule has 0 rings (SSSR count). The van der Waals surface area contributed by atoms with Crippen molar-refractivity contribution < 1.29 is 80.2 Å². The lowest BCUT2D eigenvalue weighted by molar-refractivity contribution is -0.161. The molecular formula is C75H146O17P2. The largest absolute Gasteiger partial charge is 0.472 e. The number of ether oxygens (including phenoxy) is 4. The summed E-state index contributed by atoms with van der Waals surface area (Å²) in [5.41, 5.74) is 0. The van der Waals surface area contributed by atoms with Crippen LogP contribution >= 0.6 is 15.6 Å². The van der Waals surface area contributed by atoms with Gasteiger partial charge in [0, 0.05) is 25.7 Å². The molecule has 0 aliphatic carbocycles. The highest BCUT2D eigenvalue weighted by Gasteiger charge is 2.30. The molecule has 0 heterocycles. The molecule has 6 atom stereocenters. The topological polar surface area (TPSA) is 237 Å². The van der Waals surface area contributed by atoms with Gasteiger partial charge in [0.25, 0.3) is 0 Å². The summed E-state index contributed by atoms with van der Waals surface area (Å²) in [5, 5.41) is 10.6. The Kier molecular flexibility index (Phi) is 65.5. The minimum atomic E-state index is -4.96. The molecule has 0 saturated carbocycles. The molecule has 17 nitrogen and oxygen atoms in total. The second-order valence-electron chi connectivity index (χ2n) is 27.8. The van der Waals surface area contributed by atoms with Gasteiger partial charge in [-0.25, -0.2) is 9.13 Å². The zero-order valence-corrected chi connectivity index (χ0v) is 63.1. The summed E-state index contributed by atoms with van der Waals surface area (Å²) in [7, 11) is -9.91. The SMILES string of the molecule is CCCCCCCCCCCCCCCCCCC(=O)OC[C@H](COP(=O)(O)OC[C@@H](O)COP(=O)(O)OC[C@@H](COC(=O)CCCCCCCCCCC)OC(=O)CCCCCCCCC(C)CC)OC(=O)CCCCCCCCCCCCCCCCCCC(C)C. The third-order valence-corrected chi connectivity index (χ3v) is 19.7. The zero-order valence-electron chi connectivity index (χ0n) is 61.3. The summed E-state index contributed by atoms with van der Waals surface area (Å²) in [6.45, 7) is 9.55. The van der Waals surface area contributed by atoms with Crippen LogP contribution in [0.1, 0.15) is 388 Å². The molecule has 558 valence electrons. The van der Waals surface area contributed by atoms with E-state index in [1.807, 2.05) is 0 Å². The van der Waals surface area contributed by atoms with Crippen LogP contribution in [0.3, 0.4) is 0 Å². The normalized spacial score (nSPS) is 14.3. The molecule has 3 unspecified atom stereocenters. The lowest BCUT2D eigenvalue weighted by Crippen LogP contribution is -2.30. The second-order valence-corrected chi connectivity index (χ2v) is 30.7. The van der Waals surface area contributed by atoms with Crippen LogP contribution in [0.4, 0.5) is 0 Å². The molecule has 0 aromatic rings. The molecule has 0 fully saturated rings. The Morgan fingerprint density at radius 3 is 0.809 bits per heavy atom. The van der Waals surface area contributed by atoms with E-state index in [0.717, 1.165) is 102 Å². The van der Waals surface area contributed by atoms with E-state index in [0.29, 0.717) is 25.7 Å². The number of rotatable bonds is 74. The third kappa shape index (κ3) is 67.3. The van der Waals surface area contributed by atoms with E-state index in [2.05, 4.69) is 41.5 Å². The fraction of sp³-hybridized carbons (Fsp3) is 0.947. The Balaban J connectivity index is 5.21. The highest BCUT2D eigenvalue weighted by molar-refractivity contribution is 7.47. The van der Waals surface area contributed by atoms with Crippen molar-refractivity contribution in [2.75, 3.05) is 39.6 Å². The summed E-state index contributed by atoms with van der Waals surface area (Å²) in [5.74, 6) is -0.591. The van der Waals surface area contributed by atoms with Crippen LogP contribution in [-0.4, -0.2) is 96.7 Å². The maximum absolute atomic E-state index is 13.1. The van der Waals surface area contributed by atoms with Crippen molar-refractivity contribution in [2.24, 2.45) is 11.8 Å². The van der Waals surface area contributed by atoms with Crippen molar-refractivity contribution in [2.45, 2.75) is 407 Å². The van der Waals surface area contributed by atoms with E-state index >= 15 is 0 Å². The van der Waals surface area contributed by atoms with Crippen molar-refractivity contribution in [1.29, 1.82) is 0 Å². The van der Waals surface area contributed by atoms with Crippen LogP contribution in [0.15, 0.2) is 0 Å². The minimum Gasteiger partial charge on any atom is -0.462 e. The molecule has 0 amide bonds.